The molecule has 0 saturated heterocycles. The topological polar surface area (TPSA) is 20.3 Å². The molecule has 1 rings (SSSR count). The zero-order valence-corrected chi connectivity index (χ0v) is 12.6. The van der Waals surface area contributed by atoms with Gasteiger partial charge < -0.3 is 4.90 Å². The maximum Gasteiger partial charge on any atom is 0.226 e. The summed E-state index contributed by atoms with van der Waals surface area (Å²) in [6, 6.07) is 0.253. The van der Waals surface area contributed by atoms with Gasteiger partial charge in [0.15, 0.2) is 0 Å². The third kappa shape index (κ3) is 3.88. The summed E-state index contributed by atoms with van der Waals surface area (Å²) < 4.78 is 0. The van der Waals surface area contributed by atoms with E-state index in [4.69, 9.17) is 11.6 Å². The van der Waals surface area contributed by atoms with Crippen molar-refractivity contribution in [3.05, 3.63) is 22.9 Å². The van der Waals surface area contributed by atoms with Crippen molar-refractivity contribution in [1.29, 1.82) is 0 Å². The first-order valence-electron chi connectivity index (χ1n) is 6.89. The van der Waals surface area contributed by atoms with Gasteiger partial charge in [0.25, 0.3) is 0 Å². The Morgan fingerprint density at radius 3 is 2.72 bits per heavy atom. The quantitative estimate of drug-likeness (QED) is 0.722. The van der Waals surface area contributed by atoms with Crippen molar-refractivity contribution in [3.8, 4) is 0 Å². The molecular formula is C15H24ClNO. The van der Waals surface area contributed by atoms with E-state index in [1.165, 1.54) is 0 Å². The van der Waals surface area contributed by atoms with Crippen LogP contribution in [-0.4, -0.2) is 16.8 Å². The van der Waals surface area contributed by atoms with Crippen LogP contribution < -0.4 is 0 Å². The second kappa shape index (κ2) is 6.98. The van der Waals surface area contributed by atoms with Crippen LogP contribution >= 0.6 is 11.6 Å². The van der Waals surface area contributed by atoms with E-state index < -0.39 is 0 Å². The maximum absolute atomic E-state index is 12.2. The normalized spacial score (nSPS) is 21.1. The van der Waals surface area contributed by atoms with E-state index in [0.717, 1.165) is 30.0 Å². The lowest BCUT2D eigenvalue weighted by atomic mass is 9.97. The highest BCUT2D eigenvalue weighted by atomic mass is 35.5. The number of nitrogens with zero attached hydrogens (tertiary/aromatic N) is 1. The summed E-state index contributed by atoms with van der Waals surface area (Å²) >= 11 is 6.13. The molecule has 0 aliphatic heterocycles. The molecule has 1 aliphatic rings. The molecule has 1 amide bonds. The van der Waals surface area contributed by atoms with Crippen LogP contribution in [-0.2, 0) is 4.79 Å². The van der Waals surface area contributed by atoms with Crippen molar-refractivity contribution in [2.24, 2.45) is 5.92 Å². The second-order valence-electron chi connectivity index (χ2n) is 5.12. The van der Waals surface area contributed by atoms with Crippen LogP contribution in [0, 0.1) is 5.92 Å². The second-order valence-corrected chi connectivity index (χ2v) is 5.56. The fraction of sp³-hybridized carbons (Fsp3) is 0.667. The van der Waals surface area contributed by atoms with Crippen molar-refractivity contribution < 1.29 is 4.79 Å². The molecule has 102 valence electrons. The molecule has 0 aromatic rings. The lowest BCUT2D eigenvalue weighted by Gasteiger charge is -2.33. The molecule has 3 heteroatoms. The van der Waals surface area contributed by atoms with Crippen LogP contribution in [0.5, 0.6) is 0 Å². The first-order chi connectivity index (χ1) is 8.49. The van der Waals surface area contributed by atoms with E-state index in [1.807, 2.05) is 24.0 Å². The van der Waals surface area contributed by atoms with Gasteiger partial charge in [0, 0.05) is 23.2 Å². The first kappa shape index (κ1) is 15.3. The number of carbonyl (C=O) groups excluding carboxylic acids is 1. The van der Waals surface area contributed by atoms with Crippen LogP contribution in [0.4, 0.5) is 0 Å². The lowest BCUT2D eigenvalue weighted by molar-refractivity contribution is -0.131. The molecule has 0 saturated carbocycles. The minimum atomic E-state index is 0.195. The molecule has 0 aromatic heterocycles. The average molecular weight is 270 g/mol. The van der Waals surface area contributed by atoms with Crippen molar-refractivity contribution in [3.63, 3.8) is 0 Å². The Kier molecular flexibility index (Phi) is 5.94. The van der Waals surface area contributed by atoms with Gasteiger partial charge in [0.1, 0.15) is 0 Å². The summed E-state index contributed by atoms with van der Waals surface area (Å²) in [7, 11) is 0. The Hall–Kier alpha value is -0.760. The Labute approximate surface area is 116 Å². The highest BCUT2D eigenvalue weighted by molar-refractivity contribution is 6.31. The maximum atomic E-state index is 12.2. The van der Waals surface area contributed by atoms with Gasteiger partial charge in [-0.2, -0.15) is 0 Å². The fourth-order valence-electron chi connectivity index (χ4n) is 2.50. The number of allylic oxidation sites excluding steroid dienone is 4. The van der Waals surface area contributed by atoms with Crippen LogP contribution in [0.25, 0.3) is 0 Å². The number of halogens is 1. The van der Waals surface area contributed by atoms with E-state index in [9.17, 15) is 4.79 Å². The molecule has 0 bridgehead atoms. The largest absolute Gasteiger partial charge is 0.313 e. The molecule has 0 aromatic carbocycles. The van der Waals surface area contributed by atoms with Crippen molar-refractivity contribution in [1.82, 2.24) is 4.90 Å². The molecule has 2 atom stereocenters. The average Bonchev–Trinajstić information content (AvgIpc) is 2.28. The summed E-state index contributed by atoms with van der Waals surface area (Å²) in [5.74, 6) is 0.597. The van der Waals surface area contributed by atoms with E-state index in [-0.39, 0.29) is 11.9 Å². The molecule has 0 radical (unpaired) electrons. The Morgan fingerprint density at radius 2 is 2.22 bits per heavy atom. The zero-order chi connectivity index (χ0) is 13.7. The van der Waals surface area contributed by atoms with E-state index in [2.05, 4.69) is 20.8 Å². The predicted molar refractivity (Wildman–Crippen MR) is 77.3 cm³/mol. The molecule has 0 spiro atoms. The summed E-state index contributed by atoms with van der Waals surface area (Å²) in [6.45, 7) is 8.32. The predicted octanol–water partition coefficient (Wildman–Crippen LogP) is 4.46. The fourth-order valence-corrected chi connectivity index (χ4v) is 2.84. The number of amides is 1. The summed E-state index contributed by atoms with van der Waals surface area (Å²) in [5.41, 5.74) is 1.07. The third-order valence-electron chi connectivity index (χ3n) is 3.31. The summed E-state index contributed by atoms with van der Waals surface area (Å²) in [5, 5.41) is 0.751. The van der Waals surface area contributed by atoms with Gasteiger partial charge in [-0.3, -0.25) is 4.79 Å². The smallest absolute Gasteiger partial charge is 0.226 e. The van der Waals surface area contributed by atoms with Crippen LogP contribution in [0.15, 0.2) is 22.9 Å². The molecular weight excluding hydrogens is 246 g/mol. The number of carbonyl (C=O) groups is 1. The highest BCUT2D eigenvalue weighted by Gasteiger charge is 2.24. The van der Waals surface area contributed by atoms with Crippen molar-refractivity contribution >= 4 is 17.5 Å². The summed E-state index contributed by atoms with van der Waals surface area (Å²) in [6.07, 6.45) is 7.54. The van der Waals surface area contributed by atoms with Gasteiger partial charge in [-0.1, -0.05) is 44.9 Å². The van der Waals surface area contributed by atoms with E-state index >= 15 is 0 Å². The Bertz CT molecular complexity index is 360. The minimum Gasteiger partial charge on any atom is -0.313 e. The molecule has 1 aliphatic carbocycles. The van der Waals surface area contributed by atoms with E-state index in [0.29, 0.717) is 12.3 Å². The first-order valence-corrected chi connectivity index (χ1v) is 7.27. The van der Waals surface area contributed by atoms with Crippen molar-refractivity contribution in [2.45, 2.75) is 59.4 Å². The molecule has 18 heavy (non-hydrogen) atoms. The number of hydrogen-bond donors (Lipinski definition) is 0. The molecule has 2 nitrogen and oxygen atoms in total. The zero-order valence-electron chi connectivity index (χ0n) is 11.9. The minimum absolute atomic E-state index is 0.195. The van der Waals surface area contributed by atoms with Crippen LogP contribution in [0.1, 0.15) is 53.4 Å². The molecule has 0 fully saturated rings. The van der Waals surface area contributed by atoms with Gasteiger partial charge in [-0.15, -0.1) is 0 Å². The van der Waals surface area contributed by atoms with Gasteiger partial charge in [-0.05, 0) is 31.8 Å². The molecule has 0 N–H and O–H groups in total. The van der Waals surface area contributed by atoms with Gasteiger partial charge >= 0.3 is 0 Å². The third-order valence-corrected chi connectivity index (χ3v) is 3.54. The van der Waals surface area contributed by atoms with Crippen molar-refractivity contribution in [2.75, 3.05) is 0 Å². The lowest BCUT2D eigenvalue weighted by Crippen LogP contribution is -2.38. The number of rotatable bonds is 5. The van der Waals surface area contributed by atoms with Gasteiger partial charge in [0.05, 0.1) is 0 Å². The highest BCUT2D eigenvalue weighted by Crippen LogP contribution is 2.29. The van der Waals surface area contributed by atoms with Gasteiger partial charge in [0.2, 0.25) is 5.91 Å². The Balaban J connectivity index is 2.96. The SMILES string of the molecule is CCCC(C)N(C(=O)CC)C1=CC(Cl)=CC(C)C1. The van der Waals surface area contributed by atoms with Crippen LogP contribution in [0.3, 0.4) is 0 Å². The van der Waals surface area contributed by atoms with Crippen LogP contribution in [0.2, 0.25) is 0 Å². The Morgan fingerprint density at radius 1 is 1.56 bits per heavy atom. The molecule has 2 unspecified atom stereocenters. The standard InChI is InChI=1S/C15H24ClNO/c1-5-7-12(4)17(15(18)6-2)14-9-11(3)8-13(16)10-14/h8,10-12H,5-7,9H2,1-4H3. The number of hydrogen-bond acceptors (Lipinski definition) is 1. The summed E-state index contributed by atoms with van der Waals surface area (Å²) in [4.78, 5) is 14.1. The van der Waals surface area contributed by atoms with E-state index in [1.54, 1.807) is 0 Å². The molecule has 0 heterocycles. The monoisotopic (exact) mass is 269 g/mol. The van der Waals surface area contributed by atoms with Gasteiger partial charge in [-0.25, -0.2) is 0 Å².